The van der Waals surface area contributed by atoms with Gasteiger partial charge in [0.25, 0.3) is 0 Å². The largest absolute Gasteiger partial charge is 0.496 e. The van der Waals surface area contributed by atoms with Crippen LogP contribution < -0.4 is 18.9 Å². The molecule has 0 radical (unpaired) electrons. The molecule has 0 aliphatic heterocycles. The standard InChI is InChI=1S/C68H80O8/c1-37-21-25-53(73-37)57-45-29-41(65(5,6)7)31-47(61(45)69-17)58(54-26-22-38(2)74-54)49-33-43(67(11,12)13)35-51(63(49)71-19)60(56-28-24-40(4)76-56)52-36-44(68(14,15)16)34-50(64(52)72-20)59(55-27-23-39(3)75-55)48-32-42(66(8,9)10)30-46(57)62(48)70-18/h21-36,57-60H,1-20H3. The van der Waals surface area contributed by atoms with Crippen LogP contribution in [0.15, 0.2) is 115 Å². The fraction of sp³-hybridized carbons (Fsp3) is 0.412. The Bertz CT molecular complexity index is 2870. The number of benzene rings is 4. The van der Waals surface area contributed by atoms with Gasteiger partial charge in [-0.1, -0.05) is 132 Å². The second kappa shape index (κ2) is 19.6. The number of methoxy groups -OCH3 is 4. The zero-order valence-corrected chi connectivity index (χ0v) is 48.8. The van der Waals surface area contributed by atoms with Crippen LogP contribution in [0.25, 0.3) is 0 Å². The lowest BCUT2D eigenvalue weighted by Crippen LogP contribution is -2.21. The predicted molar refractivity (Wildman–Crippen MR) is 304 cm³/mol. The summed E-state index contributed by atoms with van der Waals surface area (Å²) in [5.41, 5.74) is 10.5. The van der Waals surface area contributed by atoms with Crippen molar-refractivity contribution in [1.29, 1.82) is 0 Å². The number of hydrogen-bond donors (Lipinski definition) is 0. The molecule has 0 fully saturated rings. The first-order valence-electron chi connectivity index (χ1n) is 26.8. The molecule has 1 aliphatic rings. The molecule has 9 rings (SSSR count). The predicted octanol–water partition coefficient (Wildman–Crippen LogP) is 17.6. The van der Waals surface area contributed by atoms with Crippen LogP contribution in [0.2, 0.25) is 0 Å². The molecule has 400 valence electrons. The van der Waals surface area contributed by atoms with Gasteiger partial charge in [-0.3, -0.25) is 0 Å². The van der Waals surface area contributed by atoms with E-state index in [1.807, 2.05) is 52.0 Å². The van der Waals surface area contributed by atoms with Gasteiger partial charge < -0.3 is 36.6 Å². The second-order valence-corrected chi connectivity index (χ2v) is 25.3. The minimum Gasteiger partial charge on any atom is -0.496 e. The Balaban J connectivity index is 1.64. The molecule has 4 heterocycles. The van der Waals surface area contributed by atoms with Crippen molar-refractivity contribution in [3.8, 4) is 23.0 Å². The number of hydrogen-bond acceptors (Lipinski definition) is 8. The molecule has 4 aromatic carbocycles. The van der Waals surface area contributed by atoms with E-state index in [1.165, 1.54) is 0 Å². The van der Waals surface area contributed by atoms with Gasteiger partial charge in [0.2, 0.25) is 0 Å². The van der Waals surface area contributed by atoms with Crippen molar-refractivity contribution in [2.45, 2.75) is 156 Å². The minimum atomic E-state index is -0.546. The van der Waals surface area contributed by atoms with Crippen LogP contribution in [-0.4, -0.2) is 28.4 Å². The number of fused-ring (bicyclic) bond motifs is 8. The van der Waals surface area contributed by atoms with Crippen LogP contribution in [0.1, 0.15) is 220 Å². The molecule has 0 N–H and O–H groups in total. The van der Waals surface area contributed by atoms with Crippen molar-refractivity contribution in [2.75, 3.05) is 28.4 Å². The van der Waals surface area contributed by atoms with E-state index in [0.717, 1.165) is 113 Å². The molecule has 8 heteroatoms. The number of aryl methyl sites for hydroxylation is 4. The minimum absolute atomic E-state index is 0.330. The third-order valence-electron chi connectivity index (χ3n) is 15.5. The van der Waals surface area contributed by atoms with Gasteiger partial charge in [0.15, 0.2) is 0 Å². The summed E-state index contributed by atoms with van der Waals surface area (Å²) in [5.74, 6) is 6.79. The van der Waals surface area contributed by atoms with Crippen molar-refractivity contribution in [3.63, 3.8) is 0 Å². The topological polar surface area (TPSA) is 89.5 Å². The molecular formula is C68H80O8. The van der Waals surface area contributed by atoms with Crippen molar-refractivity contribution < 1.29 is 36.6 Å². The fourth-order valence-corrected chi connectivity index (χ4v) is 11.4. The quantitative estimate of drug-likeness (QED) is 0.149. The Morgan fingerprint density at radius 1 is 0.276 bits per heavy atom. The van der Waals surface area contributed by atoms with E-state index < -0.39 is 23.7 Å². The van der Waals surface area contributed by atoms with E-state index in [4.69, 9.17) is 36.6 Å². The summed E-state index contributed by atoms with van der Waals surface area (Å²) in [6, 6.07) is 35.2. The maximum Gasteiger partial charge on any atom is 0.127 e. The van der Waals surface area contributed by atoms with Gasteiger partial charge in [-0.25, -0.2) is 0 Å². The molecule has 0 atom stereocenters. The lowest BCUT2D eigenvalue weighted by Gasteiger charge is -2.34. The molecular weight excluding hydrogens is 945 g/mol. The summed E-state index contributed by atoms with van der Waals surface area (Å²) in [4.78, 5) is 0. The summed E-state index contributed by atoms with van der Waals surface area (Å²) in [5, 5.41) is 0. The first kappa shape index (κ1) is 54.0. The Morgan fingerprint density at radius 3 is 0.539 bits per heavy atom. The normalized spacial score (nSPS) is 17.2. The third kappa shape index (κ3) is 9.82. The van der Waals surface area contributed by atoms with Crippen LogP contribution in [0.3, 0.4) is 0 Å². The van der Waals surface area contributed by atoms with Crippen LogP contribution in [0, 0.1) is 27.7 Å². The number of ether oxygens (including phenoxy) is 4. The summed E-state index contributed by atoms with van der Waals surface area (Å²) in [7, 11) is 7.13. The molecule has 8 bridgehead atoms. The molecule has 0 saturated heterocycles. The van der Waals surface area contributed by atoms with Gasteiger partial charge in [0.05, 0.1) is 52.1 Å². The van der Waals surface area contributed by atoms with Gasteiger partial charge in [-0.05, 0) is 120 Å². The average molecular weight is 1030 g/mol. The van der Waals surface area contributed by atoms with Gasteiger partial charge in [-0.15, -0.1) is 0 Å². The zero-order chi connectivity index (χ0) is 55.1. The highest BCUT2D eigenvalue weighted by atomic mass is 16.5. The summed E-state index contributed by atoms with van der Waals surface area (Å²) in [6.45, 7) is 35.2. The van der Waals surface area contributed by atoms with Gasteiger partial charge in [0, 0.05) is 44.5 Å². The molecule has 8 aromatic rings. The zero-order valence-electron chi connectivity index (χ0n) is 48.8. The lowest BCUT2D eigenvalue weighted by atomic mass is 9.72. The first-order chi connectivity index (χ1) is 35.7. The molecule has 1 aliphatic carbocycles. The van der Waals surface area contributed by atoms with Gasteiger partial charge in [0.1, 0.15) is 69.1 Å². The highest BCUT2D eigenvalue weighted by Crippen LogP contribution is 2.57. The number of furan rings is 4. The van der Waals surface area contributed by atoms with E-state index in [0.29, 0.717) is 23.0 Å². The van der Waals surface area contributed by atoms with E-state index in [2.05, 4.69) is 156 Å². The van der Waals surface area contributed by atoms with Crippen LogP contribution in [-0.2, 0) is 21.7 Å². The lowest BCUT2D eigenvalue weighted by molar-refractivity contribution is 0.376. The summed E-state index contributed by atoms with van der Waals surface area (Å²) >= 11 is 0. The highest BCUT2D eigenvalue weighted by molar-refractivity contribution is 5.68. The van der Waals surface area contributed by atoms with Gasteiger partial charge >= 0.3 is 0 Å². The van der Waals surface area contributed by atoms with Crippen LogP contribution >= 0.6 is 0 Å². The van der Waals surface area contributed by atoms with Crippen LogP contribution in [0.5, 0.6) is 23.0 Å². The Morgan fingerprint density at radius 2 is 0.434 bits per heavy atom. The summed E-state index contributed by atoms with van der Waals surface area (Å²) in [6.07, 6.45) is 0. The Kier molecular flexibility index (Phi) is 14.0. The molecule has 0 spiro atoms. The Hall–Kier alpha value is -6.80. The van der Waals surface area contributed by atoms with Crippen molar-refractivity contribution >= 4 is 0 Å². The SMILES string of the molecule is COc1c2cc(C(C)(C)C)cc1C(c1ccc(C)o1)c1cc(C(C)(C)C)cc(c1OC)C(c1ccc(C)o1)c1cc(C(C)(C)C)cc(c1OC)C(c1ccc(C)o1)c1cc(C(C)(C)C)cc(c1OC)C2c1ccc(C)o1. The summed E-state index contributed by atoms with van der Waals surface area (Å²) < 4.78 is 55.6. The third-order valence-corrected chi connectivity index (χ3v) is 15.5. The number of rotatable bonds is 8. The van der Waals surface area contributed by atoms with Crippen LogP contribution in [0.4, 0.5) is 0 Å². The van der Waals surface area contributed by atoms with E-state index >= 15 is 0 Å². The van der Waals surface area contributed by atoms with Gasteiger partial charge in [-0.2, -0.15) is 0 Å². The highest BCUT2D eigenvalue weighted by Gasteiger charge is 2.42. The Labute approximate surface area is 452 Å². The average Bonchev–Trinajstić information content (AvgIpc) is 4.21. The maximum atomic E-state index is 6.98. The van der Waals surface area contributed by atoms with E-state index in [9.17, 15) is 0 Å². The van der Waals surface area contributed by atoms with Crippen molar-refractivity contribution in [1.82, 2.24) is 0 Å². The van der Waals surface area contributed by atoms with Crippen molar-refractivity contribution in [3.05, 3.63) is 210 Å². The van der Waals surface area contributed by atoms with E-state index in [-0.39, 0.29) is 21.7 Å². The van der Waals surface area contributed by atoms with E-state index in [1.54, 1.807) is 28.4 Å². The fourth-order valence-electron chi connectivity index (χ4n) is 11.4. The molecule has 76 heavy (non-hydrogen) atoms. The molecule has 4 aromatic heterocycles. The monoisotopic (exact) mass is 1020 g/mol. The molecule has 0 saturated carbocycles. The maximum absolute atomic E-state index is 6.98. The molecule has 0 unspecified atom stereocenters. The van der Waals surface area contributed by atoms with Crippen molar-refractivity contribution in [2.24, 2.45) is 0 Å². The molecule has 0 amide bonds. The first-order valence-corrected chi connectivity index (χ1v) is 26.8. The smallest absolute Gasteiger partial charge is 0.127 e. The molecule has 8 nitrogen and oxygen atoms in total. The second-order valence-electron chi connectivity index (χ2n) is 25.3.